The summed E-state index contributed by atoms with van der Waals surface area (Å²) in [6.07, 6.45) is 3.17. The van der Waals surface area contributed by atoms with Gasteiger partial charge in [-0.25, -0.2) is 4.98 Å². The lowest BCUT2D eigenvalue weighted by Crippen LogP contribution is -1.81. The largest absolute Gasteiger partial charge is 0.509 e. The smallest absolute Gasteiger partial charge is 0.180 e. The topological polar surface area (TPSA) is 59.1 Å². The molecule has 4 heteroatoms. The normalized spacial score (nSPS) is 10.8. The van der Waals surface area contributed by atoms with E-state index >= 15 is 0 Å². The summed E-state index contributed by atoms with van der Waals surface area (Å²) >= 11 is 1.42. The van der Waals surface area contributed by atoms with Gasteiger partial charge in [-0.15, -0.1) is 11.3 Å². The molecular formula is C8H10N2OS. The van der Waals surface area contributed by atoms with Crippen molar-refractivity contribution in [2.75, 3.05) is 5.73 Å². The summed E-state index contributed by atoms with van der Waals surface area (Å²) in [7, 11) is 0. The summed E-state index contributed by atoms with van der Waals surface area (Å²) in [4.78, 5) is 5.07. The van der Waals surface area contributed by atoms with Gasteiger partial charge in [0.15, 0.2) is 5.13 Å². The second kappa shape index (κ2) is 3.40. The van der Waals surface area contributed by atoms with E-state index in [1.807, 2.05) is 6.92 Å². The summed E-state index contributed by atoms with van der Waals surface area (Å²) < 4.78 is 0. The summed E-state index contributed by atoms with van der Waals surface area (Å²) in [5.41, 5.74) is 6.26. The number of allylic oxidation sites excluding steroid dienone is 1. The van der Waals surface area contributed by atoms with Crippen molar-refractivity contribution in [3.8, 4) is 0 Å². The van der Waals surface area contributed by atoms with Crippen LogP contribution < -0.4 is 5.73 Å². The highest BCUT2D eigenvalue weighted by Crippen LogP contribution is 2.20. The fourth-order valence-electron chi connectivity index (χ4n) is 0.759. The lowest BCUT2D eigenvalue weighted by molar-refractivity contribution is 0.436. The van der Waals surface area contributed by atoms with E-state index in [9.17, 15) is 0 Å². The molecule has 0 aliphatic heterocycles. The molecule has 0 spiro atoms. The maximum Gasteiger partial charge on any atom is 0.180 e. The van der Waals surface area contributed by atoms with Gasteiger partial charge in [-0.1, -0.05) is 6.58 Å². The van der Waals surface area contributed by atoms with E-state index in [1.54, 1.807) is 6.08 Å². The third kappa shape index (κ3) is 2.10. The Morgan fingerprint density at radius 1 is 1.75 bits per heavy atom. The third-order valence-electron chi connectivity index (χ3n) is 1.28. The quantitative estimate of drug-likeness (QED) is 0.544. The van der Waals surface area contributed by atoms with E-state index in [0.29, 0.717) is 5.13 Å². The average molecular weight is 182 g/mol. The Kier molecular flexibility index (Phi) is 2.50. The SMILES string of the molecule is C=C(O)/C=C\c1nc(N)sc1C. The highest BCUT2D eigenvalue weighted by atomic mass is 32.1. The van der Waals surface area contributed by atoms with Crippen molar-refractivity contribution in [2.24, 2.45) is 0 Å². The Morgan fingerprint density at radius 3 is 2.83 bits per heavy atom. The summed E-state index contributed by atoms with van der Waals surface area (Å²) in [6.45, 7) is 5.24. The van der Waals surface area contributed by atoms with Crippen LogP contribution in [0.4, 0.5) is 5.13 Å². The lowest BCUT2D eigenvalue weighted by atomic mass is 10.3. The van der Waals surface area contributed by atoms with E-state index in [1.165, 1.54) is 17.4 Å². The van der Waals surface area contributed by atoms with Gasteiger partial charge in [-0.2, -0.15) is 0 Å². The van der Waals surface area contributed by atoms with E-state index in [0.717, 1.165) is 10.6 Å². The van der Waals surface area contributed by atoms with Crippen LogP contribution in [-0.2, 0) is 0 Å². The fourth-order valence-corrected chi connectivity index (χ4v) is 1.44. The number of aromatic nitrogens is 1. The molecule has 0 radical (unpaired) electrons. The first-order valence-corrected chi connectivity index (χ1v) is 4.20. The predicted molar refractivity (Wildman–Crippen MR) is 52.1 cm³/mol. The molecule has 0 saturated heterocycles. The fraction of sp³-hybridized carbons (Fsp3) is 0.125. The highest BCUT2D eigenvalue weighted by Gasteiger charge is 2.00. The van der Waals surface area contributed by atoms with Gasteiger partial charge >= 0.3 is 0 Å². The zero-order valence-corrected chi connectivity index (χ0v) is 7.56. The van der Waals surface area contributed by atoms with Crippen molar-refractivity contribution in [1.82, 2.24) is 4.98 Å². The molecule has 0 aliphatic carbocycles. The van der Waals surface area contributed by atoms with Crippen LogP contribution in [0.2, 0.25) is 0 Å². The van der Waals surface area contributed by atoms with Gasteiger partial charge in [0.2, 0.25) is 0 Å². The van der Waals surface area contributed by atoms with Crippen LogP contribution in [-0.4, -0.2) is 10.1 Å². The zero-order chi connectivity index (χ0) is 9.14. The number of nitrogens with zero attached hydrogens (tertiary/aromatic N) is 1. The van der Waals surface area contributed by atoms with Gasteiger partial charge in [-0.05, 0) is 19.1 Å². The minimum atomic E-state index is 0.0148. The molecule has 12 heavy (non-hydrogen) atoms. The number of aliphatic hydroxyl groups is 1. The molecule has 3 N–H and O–H groups in total. The van der Waals surface area contributed by atoms with Crippen molar-refractivity contribution < 1.29 is 5.11 Å². The van der Waals surface area contributed by atoms with Gasteiger partial charge in [0.1, 0.15) is 5.76 Å². The van der Waals surface area contributed by atoms with Crippen molar-refractivity contribution in [2.45, 2.75) is 6.92 Å². The Bertz CT molecular complexity index is 328. The van der Waals surface area contributed by atoms with E-state index < -0.39 is 0 Å². The molecule has 0 amide bonds. The van der Waals surface area contributed by atoms with Crippen LogP contribution in [0, 0.1) is 6.92 Å². The maximum atomic E-state index is 8.77. The first kappa shape index (κ1) is 8.80. The third-order valence-corrected chi connectivity index (χ3v) is 2.10. The van der Waals surface area contributed by atoms with Crippen LogP contribution >= 0.6 is 11.3 Å². The number of anilines is 1. The molecule has 0 aliphatic rings. The molecule has 1 aromatic rings. The molecule has 0 bridgehead atoms. The number of rotatable bonds is 2. The standard InChI is InChI=1S/C8H10N2OS/c1-5(11)3-4-7-6(2)12-8(9)10-7/h3-4,11H,1H2,2H3,(H2,9,10)/b4-3-. The van der Waals surface area contributed by atoms with Gasteiger partial charge < -0.3 is 10.8 Å². The molecule has 1 aromatic heterocycles. The number of aliphatic hydroxyl groups excluding tert-OH is 1. The Balaban J connectivity index is 2.89. The zero-order valence-electron chi connectivity index (χ0n) is 6.74. The second-order valence-corrected chi connectivity index (χ2v) is 3.55. The van der Waals surface area contributed by atoms with Gasteiger partial charge in [-0.3, -0.25) is 0 Å². The first-order chi connectivity index (χ1) is 5.59. The van der Waals surface area contributed by atoms with Crippen molar-refractivity contribution in [3.05, 3.63) is 29.0 Å². The summed E-state index contributed by atoms with van der Waals surface area (Å²) in [6, 6.07) is 0. The average Bonchev–Trinajstić information content (AvgIpc) is 2.26. The minimum Gasteiger partial charge on any atom is -0.509 e. The molecule has 3 nitrogen and oxygen atoms in total. The predicted octanol–water partition coefficient (Wildman–Crippen LogP) is 2.12. The first-order valence-electron chi connectivity index (χ1n) is 3.38. The minimum absolute atomic E-state index is 0.0148. The van der Waals surface area contributed by atoms with Gasteiger partial charge in [0, 0.05) is 4.88 Å². The van der Waals surface area contributed by atoms with Crippen LogP contribution in [0.3, 0.4) is 0 Å². The molecule has 0 fully saturated rings. The second-order valence-electron chi connectivity index (χ2n) is 2.32. The molecule has 0 saturated carbocycles. The van der Waals surface area contributed by atoms with Crippen LogP contribution in [0.15, 0.2) is 18.4 Å². The molecule has 64 valence electrons. The number of aryl methyl sites for hydroxylation is 1. The highest BCUT2D eigenvalue weighted by molar-refractivity contribution is 7.15. The summed E-state index contributed by atoms with van der Waals surface area (Å²) in [5.74, 6) is 0.0148. The van der Waals surface area contributed by atoms with Crippen LogP contribution in [0.25, 0.3) is 6.08 Å². The molecule has 0 atom stereocenters. The van der Waals surface area contributed by atoms with Crippen LogP contribution in [0.1, 0.15) is 10.6 Å². The van der Waals surface area contributed by atoms with Crippen molar-refractivity contribution >= 4 is 22.5 Å². The number of nitrogen functional groups attached to an aromatic ring is 1. The summed E-state index contributed by atoms with van der Waals surface area (Å²) in [5, 5.41) is 9.31. The number of hydrogen-bond donors (Lipinski definition) is 2. The van der Waals surface area contributed by atoms with E-state index in [2.05, 4.69) is 11.6 Å². The molecule has 1 heterocycles. The lowest BCUT2D eigenvalue weighted by Gasteiger charge is -1.86. The van der Waals surface area contributed by atoms with E-state index in [-0.39, 0.29) is 5.76 Å². The Labute approximate surface area is 74.9 Å². The number of nitrogens with two attached hydrogens (primary N) is 1. The number of hydrogen-bond acceptors (Lipinski definition) is 4. The van der Waals surface area contributed by atoms with Crippen molar-refractivity contribution in [1.29, 1.82) is 0 Å². The number of thiazole rings is 1. The molecule has 0 aromatic carbocycles. The van der Waals surface area contributed by atoms with E-state index in [4.69, 9.17) is 10.8 Å². The molecular weight excluding hydrogens is 172 g/mol. The maximum absolute atomic E-state index is 8.77. The molecule has 0 unspecified atom stereocenters. The van der Waals surface area contributed by atoms with Crippen molar-refractivity contribution in [3.63, 3.8) is 0 Å². The van der Waals surface area contributed by atoms with Gasteiger partial charge in [0.25, 0.3) is 0 Å². The van der Waals surface area contributed by atoms with Gasteiger partial charge in [0.05, 0.1) is 5.69 Å². The molecule has 1 rings (SSSR count). The Hall–Kier alpha value is -1.29. The monoisotopic (exact) mass is 182 g/mol. The Morgan fingerprint density at radius 2 is 2.42 bits per heavy atom. The van der Waals surface area contributed by atoms with Crippen LogP contribution in [0.5, 0.6) is 0 Å².